The highest BCUT2D eigenvalue weighted by Crippen LogP contribution is 2.37. The first kappa shape index (κ1) is 13.2. The summed E-state index contributed by atoms with van der Waals surface area (Å²) in [7, 11) is 0. The molecule has 0 aromatic carbocycles. The third kappa shape index (κ3) is 2.83. The molecule has 0 saturated carbocycles. The van der Waals surface area contributed by atoms with Crippen molar-refractivity contribution in [1.29, 1.82) is 0 Å². The first-order chi connectivity index (χ1) is 7.29. The van der Waals surface area contributed by atoms with E-state index in [1.54, 1.807) is 0 Å². The van der Waals surface area contributed by atoms with Crippen LogP contribution in [-0.2, 0) is 9.73 Å². The predicted octanol–water partition coefficient (Wildman–Crippen LogP) is 2.18. The Kier molecular flexibility index (Phi) is 3.76. The summed E-state index contributed by atoms with van der Waals surface area (Å²) < 4.78 is 0. The molecule has 1 heterocycles. The number of carbonyl (C=O) groups excluding carboxylic acids is 1. The van der Waals surface area contributed by atoms with Crippen LogP contribution in [0.1, 0.15) is 47.0 Å². The number of amides is 1. The molecule has 1 rings (SSSR count). The molecule has 1 aliphatic heterocycles. The summed E-state index contributed by atoms with van der Waals surface area (Å²) in [6, 6.07) is 0. The fourth-order valence-electron chi connectivity index (χ4n) is 2.36. The van der Waals surface area contributed by atoms with Crippen LogP contribution in [0.3, 0.4) is 0 Å². The summed E-state index contributed by atoms with van der Waals surface area (Å²) in [5, 5.41) is 1.88. The van der Waals surface area contributed by atoms with Gasteiger partial charge in [0.25, 0.3) is 5.91 Å². The van der Waals surface area contributed by atoms with Crippen molar-refractivity contribution in [2.24, 2.45) is 0 Å². The Morgan fingerprint density at radius 2 is 1.81 bits per heavy atom. The lowest BCUT2D eigenvalue weighted by Gasteiger charge is -2.50. The molecule has 92 valence electrons. The third-order valence-corrected chi connectivity index (χ3v) is 3.10. The van der Waals surface area contributed by atoms with Crippen LogP contribution in [-0.4, -0.2) is 22.0 Å². The summed E-state index contributed by atoms with van der Waals surface area (Å²) in [4.78, 5) is 16.5. The Morgan fingerprint density at radius 3 is 2.25 bits per heavy atom. The van der Waals surface area contributed by atoms with Gasteiger partial charge in [-0.2, -0.15) is 10.0 Å². The molecule has 1 aliphatic rings. The molecule has 1 amide bonds. The first-order valence-electron chi connectivity index (χ1n) is 5.69. The van der Waals surface area contributed by atoms with Crippen molar-refractivity contribution in [3.8, 4) is 0 Å². The van der Waals surface area contributed by atoms with Gasteiger partial charge in [0.05, 0.1) is 0 Å². The SMILES string of the molecule is C=CC(=O)NON1C(C)(C)CCCC1(C)C. The van der Waals surface area contributed by atoms with E-state index in [4.69, 9.17) is 4.94 Å². The second-order valence-electron chi connectivity index (χ2n) is 5.53. The largest absolute Gasteiger partial charge is 0.268 e. The maximum atomic E-state index is 11.1. The molecule has 0 aromatic rings. The zero-order valence-corrected chi connectivity index (χ0v) is 10.7. The van der Waals surface area contributed by atoms with E-state index in [-0.39, 0.29) is 17.0 Å². The maximum Gasteiger partial charge on any atom is 0.268 e. The highest BCUT2D eigenvalue weighted by Gasteiger charge is 2.43. The molecule has 1 fully saturated rings. The number of hydrogen-bond donors (Lipinski definition) is 1. The topological polar surface area (TPSA) is 41.6 Å². The van der Waals surface area contributed by atoms with E-state index in [0.717, 1.165) is 12.8 Å². The number of nitrogens with one attached hydrogen (secondary N) is 1. The number of carbonyl (C=O) groups is 1. The minimum absolute atomic E-state index is 0.0732. The zero-order valence-electron chi connectivity index (χ0n) is 10.7. The molecule has 0 radical (unpaired) electrons. The van der Waals surface area contributed by atoms with Crippen LogP contribution in [0.2, 0.25) is 0 Å². The average Bonchev–Trinajstić information content (AvgIpc) is 2.14. The Hall–Kier alpha value is -0.870. The molecular formula is C12H22N2O2. The lowest BCUT2D eigenvalue weighted by Crippen LogP contribution is -2.60. The van der Waals surface area contributed by atoms with Crippen molar-refractivity contribution in [1.82, 2.24) is 10.5 Å². The van der Waals surface area contributed by atoms with Crippen molar-refractivity contribution in [2.45, 2.75) is 58.0 Å². The van der Waals surface area contributed by atoms with Crippen LogP contribution < -0.4 is 5.48 Å². The van der Waals surface area contributed by atoms with Crippen molar-refractivity contribution < 1.29 is 9.73 Å². The summed E-state index contributed by atoms with van der Waals surface area (Å²) in [6.45, 7) is 11.9. The Morgan fingerprint density at radius 1 is 1.31 bits per heavy atom. The van der Waals surface area contributed by atoms with Crippen LogP contribution in [0.15, 0.2) is 12.7 Å². The number of rotatable bonds is 3. The van der Waals surface area contributed by atoms with Crippen molar-refractivity contribution in [3.05, 3.63) is 12.7 Å². The molecule has 16 heavy (non-hydrogen) atoms. The molecular weight excluding hydrogens is 204 g/mol. The fraction of sp³-hybridized carbons (Fsp3) is 0.750. The van der Waals surface area contributed by atoms with Gasteiger partial charge in [0.15, 0.2) is 0 Å². The van der Waals surface area contributed by atoms with Gasteiger partial charge in [-0.1, -0.05) is 6.58 Å². The van der Waals surface area contributed by atoms with E-state index in [9.17, 15) is 4.79 Å². The van der Waals surface area contributed by atoms with E-state index in [1.165, 1.54) is 12.5 Å². The fourth-order valence-corrected chi connectivity index (χ4v) is 2.36. The first-order valence-corrected chi connectivity index (χ1v) is 5.69. The minimum Gasteiger partial charge on any atom is -0.268 e. The lowest BCUT2D eigenvalue weighted by atomic mass is 9.82. The zero-order chi connectivity index (χ0) is 12.4. The molecule has 4 nitrogen and oxygen atoms in total. The molecule has 1 saturated heterocycles. The second-order valence-corrected chi connectivity index (χ2v) is 5.53. The smallest absolute Gasteiger partial charge is 0.268 e. The van der Waals surface area contributed by atoms with Crippen LogP contribution in [0.5, 0.6) is 0 Å². The quantitative estimate of drug-likeness (QED) is 0.592. The number of hydrogen-bond acceptors (Lipinski definition) is 3. The summed E-state index contributed by atoms with van der Waals surface area (Å²) in [6.07, 6.45) is 4.49. The van der Waals surface area contributed by atoms with Crippen molar-refractivity contribution in [2.75, 3.05) is 0 Å². The Labute approximate surface area is 97.6 Å². The molecule has 0 spiro atoms. The molecule has 1 N–H and O–H groups in total. The highest BCUT2D eigenvalue weighted by atomic mass is 16.8. The van der Waals surface area contributed by atoms with Gasteiger partial charge in [-0.05, 0) is 53.0 Å². The number of nitrogens with zero attached hydrogens (tertiary/aromatic N) is 1. The van der Waals surface area contributed by atoms with E-state index in [0.29, 0.717) is 0 Å². The van der Waals surface area contributed by atoms with Crippen LogP contribution in [0.4, 0.5) is 0 Å². The normalized spacial score (nSPS) is 23.8. The summed E-state index contributed by atoms with van der Waals surface area (Å²) in [5.41, 5.74) is 2.24. The van der Waals surface area contributed by atoms with Crippen LogP contribution >= 0.6 is 0 Å². The molecule has 0 bridgehead atoms. The molecule has 4 heteroatoms. The number of piperidine rings is 1. The molecule has 0 unspecified atom stereocenters. The second kappa shape index (κ2) is 4.55. The highest BCUT2D eigenvalue weighted by molar-refractivity contribution is 5.85. The van der Waals surface area contributed by atoms with Gasteiger partial charge in [-0.3, -0.25) is 4.79 Å². The molecule has 0 aliphatic carbocycles. The average molecular weight is 226 g/mol. The van der Waals surface area contributed by atoms with E-state index < -0.39 is 0 Å². The summed E-state index contributed by atoms with van der Waals surface area (Å²) >= 11 is 0. The van der Waals surface area contributed by atoms with Crippen LogP contribution in [0.25, 0.3) is 0 Å². The van der Waals surface area contributed by atoms with Gasteiger partial charge in [0.2, 0.25) is 0 Å². The van der Waals surface area contributed by atoms with Gasteiger partial charge in [0.1, 0.15) is 0 Å². The van der Waals surface area contributed by atoms with Crippen molar-refractivity contribution >= 4 is 5.91 Å². The van der Waals surface area contributed by atoms with Gasteiger partial charge >= 0.3 is 0 Å². The van der Waals surface area contributed by atoms with Crippen LogP contribution in [0, 0.1) is 0 Å². The van der Waals surface area contributed by atoms with Crippen molar-refractivity contribution in [3.63, 3.8) is 0 Å². The minimum atomic E-state index is -0.322. The van der Waals surface area contributed by atoms with Gasteiger partial charge in [0, 0.05) is 11.1 Å². The standard InChI is InChI=1S/C12H22N2O2/c1-6-10(15)13-16-14-11(2,3)8-7-9-12(14,4)5/h6H,1,7-9H2,2-5H3,(H,13,15). The number of hydroxylamine groups is 3. The molecule has 0 aromatic heterocycles. The maximum absolute atomic E-state index is 11.1. The molecule has 0 atom stereocenters. The lowest BCUT2D eigenvalue weighted by molar-refractivity contribution is -0.307. The van der Waals surface area contributed by atoms with E-state index >= 15 is 0 Å². The third-order valence-electron chi connectivity index (χ3n) is 3.10. The van der Waals surface area contributed by atoms with Gasteiger partial charge < -0.3 is 0 Å². The van der Waals surface area contributed by atoms with Gasteiger partial charge in [-0.25, -0.2) is 5.48 Å². The van der Waals surface area contributed by atoms with Gasteiger partial charge in [-0.15, -0.1) is 0 Å². The summed E-state index contributed by atoms with van der Waals surface area (Å²) in [5.74, 6) is -0.322. The monoisotopic (exact) mass is 226 g/mol. The Bertz CT molecular complexity index is 269. The van der Waals surface area contributed by atoms with E-state index in [1.807, 2.05) is 5.06 Å². The van der Waals surface area contributed by atoms with E-state index in [2.05, 4.69) is 39.8 Å². The predicted molar refractivity (Wildman–Crippen MR) is 63.3 cm³/mol. The Balaban J connectivity index is 2.71.